The van der Waals surface area contributed by atoms with Gasteiger partial charge in [0.2, 0.25) is 0 Å². The second-order valence-electron chi connectivity index (χ2n) is 4.44. The lowest BCUT2D eigenvalue weighted by Gasteiger charge is -2.34. The Morgan fingerprint density at radius 3 is 2.06 bits per heavy atom. The van der Waals surface area contributed by atoms with Gasteiger partial charge in [-0.15, -0.1) is 0 Å². The maximum atomic E-state index is 14.6. The summed E-state index contributed by atoms with van der Waals surface area (Å²) < 4.78 is 14.6. The molecule has 0 aliphatic heterocycles. The van der Waals surface area contributed by atoms with Crippen LogP contribution < -0.4 is 0 Å². The van der Waals surface area contributed by atoms with Gasteiger partial charge in [-0.3, -0.25) is 4.79 Å². The molecule has 16 heavy (non-hydrogen) atoms. The fourth-order valence-electron chi connectivity index (χ4n) is 1.32. The van der Waals surface area contributed by atoms with Crippen molar-refractivity contribution in [1.29, 1.82) is 0 Å². The summed E-state index contributed by atoms with van der Waals surface area (Å²) in [5.74, 6) is -1.17. The van der Waals surface area contributed by atoms with Crippen molar-refractivity contribution in [3.63, 3.8) is 0 Å². The zero-order valence-electron chi connectivity index (χ0n) is 9.42. The molecule has 4 heteroatoms. The minimum atomic E-state index is -1.95. The fraction of sp³-hybridized carbons (Fsp3) is 0.417. The average Bonchev–Trinajstić information content (AvgIpc) is 2.17. The summed E-state index contributed by atoms with van der Waals surface area (Å²) in [7, 11) is 0. The minimum Gasteiger partial charge on any atom is -0.481 e. The third-order valence-electron chi connectivity index (χ3n) is 3.09. The smallest absolute Gasteiger partial charge is 0.312 e. The normalized spacial score (nSPS) is 15.6. The van der Waals surface area contributed by atoms with E-state index in [0.717, 1.165) is 0 Å². The van der Waals surface area contributed by atoms with Gasteiger partial charge in [0, 0.05) is 5.02 Å². The van der Waals surface area contributed by atoms with E-state index < -0.39 is 17.1 Å². The highest BCUT2D eigenvalue weighted by Crippen LogP contribution is 2.43. The molecule has 0 aliphatic rings. The number of benzene rings is 1. The van der Waals surface area contributed by atoms with Crippen LogP contribution in [0.15, 0.2) is 24.3 Å². The second kappa shape index (κ2) is 4.06. The van der Waals surface area contributed by atoms with Crippen LogP contribution in [0.4, 0.5) is 4.39 Å². The van der Waals surface area contributed by atoms with Gasteiger partial charge in [0.15, 0.2) is 0 Å². The first-order chi connectivity index (χ1) is 7.19. The molecule has 0 aliphatic carbocycles. The molecule has 0 aromatic heterocycles. The summed E-state index contributed by atoms with van der Waals surface area (Å²) in [4.78, 5) is 11.0. The third kappa shape index (κ3) is 2.05. The lowest BCUT2D eigenvalue weighted by Crippen LogP contribution is -2.41. The number of carboxylic acids is 1. The molecule has 1 unspecified atom stereocenters. The molecule has 0 saturated carbocycles. The molecule has 1 rings (SSSR count). The van der Waals surface area contributed by atoms with E-state index >= 15 is 0 Å². The van der Waals surface area contributed by atoms with Crippen molar-refractivity contribution < 1.29 is 14.3 Å². The Morgan fingerprint density at radius 2 is 1.69 bits per heavy atom. The van der Waals surface area contributed by atoms with Crippen LogP contribution in [-0.4, -0.2) is 11.1 Å². The maximum absolute atomic E-state index is 14.6. The van der Waals surface area contributed by atoms with Gasteiger partial charge in [0.05, 0.1) is 0 Å². The zero-order valence-corrected chi connectivity index (χ0v) is 10.2. The third-order valence-corrected chi connectivity index (χ3v) is 3.35. The Morgan fingerprint density at radius 1 is 1.25 bits per heavy atom. The average molecular weight is 245 g/mol. The summed E-state index contributed by atoms with van der Waals surface area (Å²) in [5, 5.41) is 9.52. The van der Waals surface area contributed by atoms with Crippen molar-refractivity contribution in [2.75, 3.05) is 0 Å². The molecule has 0 radical (unpaired) electrons. The molecule has 0 fully saturated rings. The zero-order chi connectivity index (χ0) is 12.6. The van der Waals surface area contributed by atoms with E-state index in [2.05, 4.69) is 0 Å². The number of hydrogen-bond acceptors (Lipinski definition) is 1. The number of rotatable bonds is 3. The standard InChI is InChI=1S/C12H14ClFO2/c1-11(2,10(15)16)12(3,14)8-4-6-9(13)7-5-8/h4-7H,1-3H3,(H,15,16). The molecule has 1 aromatic carbocycles. The molecular weight excluding hydrogens is 231 g/mol. The predicted octanol–water partition coefficient (Wildman–Crippen LogP) is 3.64. The number of carbonyl (C=O) groups is 1. The highest BCUT2D eigenvalue weighted by atomic mass is 35.5. The molecule has 0 heterocycles. The van der Waals surface area contributed by atoms with Gasteiger partial charge >= 0.3 is 5.97 Å². The molecule has 0 spiro atoms. The minimum absolute atomic E-state index is 0.310. The van der Waals surface area contributed by atoms with Crippen LogP contribution in [0.1, 0.15) is 26.3 Å². The topological polar surface area (TPSA) is 37.3 Å². The molecule has 0 saturated heterocycles. The Kier molecular flexibility index (Phi) is 3.29. The summed E-state index contributed by atoms with van der Waals surface area (Å²) in [5.41, 5.74) is -3.14. The molecule has 1 N–H and O–H groups in total. The highest BCUT2D eigenvalue weighted by molar-refractivity contribution is 6.30. The van der Waals surface area contributed by atoms with E-state index in [1.54, 1.807) is 12.1 Å². The lowest BCUT2D eigenvalue weighted by molar-refractivity contribution is -0.156. The summed E-state index contributed by atoms with van der Waals surface area (Å²) >= 11 is 5.70. The molecule has 1 aromatic rings. The first kappa shape index (κ1) is 13.0. The second-order valence-corrected chi connectivity index (χ2v) is 4.88. The van der Waals surface area contributed by atoms with Crippen molar-refractivity contribution in [2.24, 2.45) is 5.41 Å². The van der Waals surface area contributed by atoms with Crippen LogP contribution in [0.3, 0.4) is 0 Å². The monoisotopic (exact) mass is 244 g/mol. The number of carboxylic acid groups (broad SMARTS) is 1. The van der Waals surface area contributed by atoms with Crippen molar-refractivity contribution in [2.45, 2.75) is 26.4 Å². The maximum Gasteiger partial charge on any atom is 0.312 e. The molecular formula is C12H14ClFO2. The van der Waals surface area contributed by atoms with Gasteiger partial charge in [-0.2, -0.15) is 0 Å². The van der Waals surface area contributed by atoms with E-state index in [9.17, 15) is 9.18 Å². The predicted molar refractivity (Wildman–Crippen MR) is 61.3 cm³/mol. The first-order valence-corrected chi connectivity index (χ1v) is 5.26. The molecule has 2 nitrogen and oxygen atoms in total. The Bertz CT molecular complexity index is 396. The van der Waals surface area contributed by atoms with Crippen LogP contribution in [0, 0.1) is 5.41 Å². The number of hydrogen-bond donors (Lipinski definition) is 1. The van der Waals surface area contributed by atoms with Gasteiger partial charge in [-0.05, 0) is 38.5 Å². The molecule has 0 bridgehead atoms. The number of aliphatic carboxylic acids is 1. The van der Waals surface area contributed by atoms with Crippen LogP contribution in [0.25, 0.3) is 0 Å². The van der Waals surface area contributed by atoms with Gasteiger partial charge < -0.3 is 5.11 Å². The summed E-state index contributed by atoms with van der Waals surface area (Å²) in [6.07, 6.45) is 0. The quantitative estimate of drug-likeness (QED) is 0.882. The van der Waals surface area contributed by atoms with Gasteiger partial charge in [-0.25, -0.2) is 4.39 Å². The van der Waals surface area contributed by atoms with Gasteiger partial charge in [0.1, 0.15) is 11.1 Å². The highest BCUT2D eigenvalue weighted by Gasteiger charge is 2.48. The number of alkyl halides is 1. The Labute approximate surface area is 99.0 Å². The van der Waals surface area contributed by atoms with Crippen LogP contribution in [0.5, 0.6) is 0 Å². The molecule has 0 amide bonds. The van der Waals surface area contributed by atoms with Crippen molar-refractivity contribution >= 4 is 17.6 Å². The van der Waals surface area contributed by atoms with E-state index in [4.69, 9.17) is 16.7 Å². The molecule has 88 valence electrons. The van der Waals surface area contributed by atoms with Crippen LogP contribution in [-0.2, 0) is 10.5 Å². The van der Waals surface area contributed by atoms with E-state index in [0.29, 0.717) is 10.6 Å². The van der Waals surface area contributed by atoms with Crippen molar-refractivity contribution in [3.05, 3.63) is 34.9 Å². The van der Waals surface area contributed by atoms with Gasteiger partial charge in [0.25, 0.3) is 0 Å². The fourth-order valence-corrected chi connectivity index (χ4v) is 1.45. The molecule has 1 atom stereocenters. The van der Waals surface area contributed by atoms with Crippen molar-refractivity contribution in [3.8, 4) is 0 Å². The largest absolute Gasteiger partial charge is 0.481 e. The number of halogens is 2. The lowest BCUT2D eigenvalue weighted by atomic mass is 9.73. The van der Waals surface area contributed by atoms with Crippen LogP contribution in [0.2, 0.25) is 5.02 Å². The van der Waals surface area contributed by atoms with E-state index in [-0.39, 0.29) is 0 Å². The Balaban J connectivity index is 3.20. The van der Waals surface area contributed by atoms with E-state index in [1.165, 1.54) is 32.9 Å². The van der Waals surface area contributed by atoms with Crippen molar-refractivity contribution in [1.82, 2.24) is 0 Å². The van der Waals surface area contributed by atoms with E-state index in [1.807, 2.05) is 0 Å². The first-order valence-electron chi connectivity index (χ1n) is 4.88. The SMILES string of the molecule is CC(C)(C(=O)O)C(C)(F)c1ccc(Cl)cc1. The van der Waals surface area contributed by atoms with Gasteiger partial charge in [-0.1, -0.05) is 23.7 Å². The van der Waals surface area contributed by atoms with Crippen LogP contribution >= 0.6 is 11.6 Å². The Hall–Kier alpha value is -1.09. The summed E-state index contributed by atoms with van der Waals surface area (Å²) in [6, 6.07) is 6.11. The summed E-state index contributed by atoms with van der Waals surface area (Å²) in [6.45, 7) is 4.00.